The third-order valence-corrected chi connectivity index (χ3v) is 4.82. The van der Waals surface area contributed by atoms with Gasteiger partial charge >= 0.3 is 0 Å². The van der Waals surface area contributed by atoms with Crippen molar-refractivity contribution in [3.05, 3.63) is 41.8 Å². The molecule has 0 spiro atoms. The second-order valence-electron chi connectivity index (χ2n) is 6.58. The van der Waals surface area contributed by atoms with Crippen LogP contribution in [0.2, 0.25) is 0 Å². The highest BCUT2D eigenvalue weighted by Gasteiger charge is 2.27. The van der Waals surface area contributed by atoms with Crippen LogP contribution in [-0.2, 0) is 13.1 Å². The molecule has 1 aromatic carbocycles. The van der Waals surface area contributed by atoms with Gasteiger partial charge in [-0.1, -0.05) is 5.16 Å². The van der Waals surface area contributed by atoms with Gasteiger partial charge in [-0.05, 0) is 24.1 Å². The standard InChI is InChI=1S/C19H27N3O4/c1-24-18-9-15(10-19(11-18)25-2)12-22-6-5-21(14-17(22)3-7-23)13-16-4-8-26-20-16/h4,8-11,17,23H,3,5-7,12-14H2,1-2H3/t17-/m0/s1. The van der Waals surface area contributed by atoms with E-state index in [1.807, 2.05) is 24.3 Å². The summed E-state index contributed by atoms with van der Waals surface area (Å²) in [4.78, 5) is 4.78. The minimum atomic E-state index is 0.181. The summed E-state index contributed by atoms with van der Waals surface area (Å²) >= 11 is 0. The van der Waals surface area contributed by atoms with Gasteiger partial charge in [-0.3, -0.25) is 9.80 Å². The van der Waals surface area contributed by atoms with Crippen molar-refractivity contribution in [1.82, 2.24) is 15.0 Å². The van der Waals surface area contributed by atoms with Crippen LogP contribution >= 0.6 is 0 Å². The van der Waals surface area contributed by atoms with E-state index in [-0.39, 0.29) is 12.6 Å². The van der Waals surface area contributed by atoms with Crippen LogP contribution in [0, 0.1) is 0 Å². The third-order valence-electron chi connectivity index (χ3n) is 4.82. The van der Waals surface area contributed by atoms with Crippen LogP contribution in [0.1, 0.15) is 17.7 Å². The molecule has 3 rings (SSSR count). The van der Waals surface area contributed by atoms with Crippen LogP contribution in [-0.4, -0.2) is 66.6 Å². The van der Waals surface area contributed by atoms with E-state index in [2.05, 4.69) is 15.0 Å². The van der Waals surface area contributed by atoms with E-state index in [0.717, 1.165) is 61.9 Å². The number of methoxy groups -OCH3 is 2. The van der Waals surface area contributed by atoms with Crippen LogP contribution in [0.4, 0.5) is 0 Å². The van der Waals surface area contributed by atoms with Crippen LogP contribution in [0.25, 0.3) is 0 Å². The lowest BCUT2D eigenvalue weighted by Gasteiger charge is -2.41. The molecule has 142 valence electrons. The molecule has 1 fully saturated rings. The minimum Gasteiger partial charge on any atom is -0.497 e. The summed E-state index contributed by atoms with van der Waals surface area (Å²) in [6, 6.07) is 8.15. The molecule has 0 saturated carbocycles. The molecule has 0 radical (unpaired) electrons. The molecule has 0 bridgehead atoms. The Hall–Kier alpha value is -2.09. The van der Waals surface area contributed by atoms with Crippen LogP contribution < -0.4 is 9.47 Å². The number of aliphatic hydroxyl groups is 1. The molecule has 1 aromatic heterocycles. The van der Waals surface area contributed by atoms with Gasteiger partial charge < -0.3 is 19.1 Å². The summed E-state index contributed by atoms with van der Waals surface area (Å²) in [7, 11) is 3.32. The highest BCUT2D eigenvalue weighted by molar-refractivity contribution is 5.38. The molecule has 1 N–H and O–H groups in total. The molecule has 0 unspecified atom stereocenters. The van der Waals surface area contributed by atoms with E-state index in [4.69, 9.17) is 14.0 Å². The number of hydrogen-bond donors (Lipinski definition) is 1. The first-order valence-corrected chi connectivity index (χ1v) is 8.90. The van der Waals surface area contributed by atoms with Gasteiger partial charge in [0.25, 0.3) is 0 Å². The summed E-state index contributed by atoms with van der Waals surface area (Å²) in [6.45, 7) is 4.54. The Balaban J connectivity index is 1.67. The summed E-state index contributed by atoms with van der Waals surface area (Å²) in [6.07, 6.45) is 2.35. The van der Waals surface area contributed by atoms with Gasteiger partial charge in [0.15, 0.2) is 0 Å². The minimum absolute atomic E-state index is 0.181. The molecule has 1 aliphatic heterocycles. The van der Waals surface area contributed by atoms with Crippen LogP contribution in [0.3, 0.4) is 0 Å². The fourth-order valence-electron chi connectivity index (χ4n) is 3.47. The lowest BCUT2D eigenvalue weighted by Crippen LogP contribution is -2.52. The number of rotatable bonds is 8. The number of hydrogen-bond acceptors (Lipinski definition) is 7. The predicted molar refractivity (Wildman–Crippen MR) is 97.2 cm³/mol. The molecule has 1 saturated heterocycles. The van der Waals surface area contributed by atoms with Crippen molar-refractivity contribution in [2.75, 3.05) is 40.5 Å². The highest BCUT2D eigenvalue weighted by atomic mass is 16.5. The van der Waals surface area contributed by atoms with Crippen molar-refractivity contribution >= 4 is 0 Å². The number of aromatic nitrogens is 1. The van der Waals surface area contributed by atoms with Crippen molar-refractivity contribution in [1.29, 1.82) is 0 Å². The smallest absolute Gasteiger partial charge is 0.124 e. The van der Waals surface area contributed by atoms with Gasteiger partial charge in [0.05, 0.1) is 19.9 Å². The first-order chi connectivity index (χ1) is 12.7. The zero-order valence-corrected chi connectivity index (χ0v) is 15.4. The SMILES string of the molecule is COc1cc(CN2CCN(Cc3ccon3)C[C@@H]2CCO)cc(OC)c1. The number of nitrogens with zero attached hydrogens (tertiary/aromatic N) is 3. The lowest BCUT2D eigenvalue weighted by atomic mass is 10.1. The van der Waals surface area contributed by atoms with Crippen molar-refractivity contribution in [3.8, 4) is 11.5 Å². The van der Waals surface area contributed by atoms with Gasteiger partial charge in [-0.2, -0.15) is 0 Å². The molecular formula is C19H27N3O4. The maximum absolute atomic E-state index is 9.50. The third kappa shape index (κ3) is 4.75. The number of benzene rings is 1. The second-order valence-corrected chi connectivity index (χ2v) is 6.58. The summed E-state index contributed by atoms with van der Waals surface area (Å²) in [5.74, 6) is 1.59. The Kier molecular flexibility index (Phi) is 6.49. The molecule has 0 amide bonds. The van der Waals surface area contributed by atoms with Crippen molar-refractivity contribution in [3.63, 3.8) is 0 Å². The van der Waals surface area contributed by atoms with Gasteiger partial charge in [-0.25, -0.2) is 0 Å². The average molecular weight is 361 g/mol. The highest BCUT2D eigenvalue weighted by Crippen LogP contribution is 2.25. The number of piperazine rings is 1. The second kappa shape index (κ2) is 9.02. The Labute approximate surface area is 154 Å². The Morgan fingerprint density at radius 2 is 1.92 bits per heavy atom. The summed E-state index contributed by atoms with van der Waals surface area (Å²) in [5.41, 5.74) is 2.09. The van der Waals surface area contributed by atoms with Crippen LogP contribution in [0.5, 0.6) is 11.5 Å². The van der Waals surface area contributed by atoms with Gasteiger partial charge in [0.2, 0.25) is 0 Å². The molecule has 7 heteroatoms. The van der Waals surface area contributed by atoms with E-state index in [0.29, 0.717) is 0 Å². The van der Waals surface area contributed by atoms with E-state index >= 15 is 0 Å². The van der Waals surface area contributed by atoms with E-state index in [9.17, 15) is 5.11 Å². The maximum Gasteiger partial charge on any atom is 0.124 e. The zero-order chi connectivity index (χ0) is 18.4. The van der Waals surface area contributed by atoms with Gasteiger partial charge in [-0.15, -0.1) is 0 Å². The fraction of sp³-hybridized carbons (Fsp3) is 0.526. The molecule has 1 aliphatic rings. The molecule has 1 atom stereocenters. The number of aliphatic hydroxyl groups excluding tert-OH is 1. The van der Waals surface area contributed by atoms with Crippen molar-refractivity contribution in [2.24, 2.45) is 0 Å². The van der Waals surface area contributed by atoms with E-state index in [1.54, 1.807) is 20.5 Å². The van der Waals surface area contributed by atoms with Crippen molar-refractivity contribution < 1.29 is 19.1 Å². The molecule has 7 nitrogen and oxygen atoms in total. The van der Waals surface area contributed by atoms with Gasteiger partial charge in [0.1, 0.15) is 17.8 Å². The maximum atomic E-state index is 9.50. The quantitative estimate of drug-likeness (QED) is 0.768. The lowest BCUT2D eigenvalue weighted by molar-refractivity contribution is 0.0489. The largest absolute Gasteiger partial charge is 0.497 e. The Bertz CT molecular complexity index is 655. The first-order valence-electron chi connectivity index (χ1n) is 8.90. The Morgan fingerprint density at radius 3 is 2.54 bits per heavy atom. The molecule has 2 heterocycles. The van der Waals surface area contributed by atoms with Crippen LogP contribution in [0.15, 0.2) is 35.1 Å². The normalized spacial score (nSPS) is 18.8. The summed E-state index contributed by atoms with van der Waals surface area (Å²) < 4.78 is 15.7. The molecule has 0 aliphatic carbocycles. The van der Waals surface area contributed by atoms with Gasteiger partial charge in [0, 0.05) is 57.5 Å². The number of ether oxygens (including phenoxy) is 2. The zero-order valence-electron chi connectivity index (χ0n) is 15.4. The molecule has 26 heavy (non-hydrogen) atoms. The molecule has 2 aromatic rings. The monoisotopic (exact) mass is 361 g/mol. The Morgan fingerprint density at radius 1 is 1.15 bits per heavy atom. The fourth-order valence-corrected chi connectivity index (χ4v) is 3.47. The predicted octanol–water partition coefficient (Wildman–Crippen LogP) is 1.76. The summed E-state index contributed by atoms with van der Waals surface area (Å²) in [5, 5.41) is 13.5. The molecular weight excluding hydrogens is 334 g/mol. The topological polar surface area (TPSA) is 71.2 Å². The average Bonchev–Trinajstić information content (AvgIpc) is 3.16. The van der Waals surface area contributed by atoms with E-state index in [1.165, 1.54) is 0 Å². The van der Waals surface area contributed by atoms with E-state index < -0.39 is 0 Å². The first kappa shape index (κ1) is 18.7. The van der Waals surface area contributed by atoms with Crippen molar-refractivity contribution in [2.45, 2.75) is 25.6 Å².